The van der Waals surface area contributed by atoms with Crippen LogP contribution in [0.4, 0.5) is 0 Å². The Morgan fingerprint density at radius 1 is 1.41 bits per heavy atom. The minimum atomic E-state index is -3.65. The maximum absolute atomic E-state index is 12.5. The number of hydrogen-bond acceptors (Lipinski definition) is 4. The second kappa shape index (κ2) is 7.08. The Hall–Kier alpha value is -0.960. The van der Waals surface area contributed by atoms with E-state index in [1.165, 1.54) is 19.2 Å². The molecule has 2 rings (SSSR count). The van der Waals surface area contributed by atoms with Gasteiger partial charge in [-0.1, -0.05) is 15.9 Å². The molecule has 1 heterocycles. The van der Waals surface area contributed by atoms with Crippen LogP contribution in [0.3, 0.4) is 0 Å². The van der Waals surface area contributed by atoms with Gasteiger partial charge in [0.25, 0.3) is 0 Å². The quantitative estimate of drug-likeness (QED) is 0.829. The third-order valence-electron chi connectivity index (χ3n) is 3.60. The lowest BCUT2D eigenvalue weighted by molar-refractivity contribution is -0.132. The first-order valence-electron chi connectivity index (χ1n) is 7.04. The predicted molar refractivity (Wildman–Crippen MR) is 88.0 cm³/mol. The number of halogens is 1. The fourth-order valence-electron chi connectivity index (χ4n) is 2.32. The summed E-state index contributed by atoms with van der Waals surface area (Å²) in [5.74, 6) is -0.170. The summed E-state index contributed by atoms with van der Waals surface area (Å²) in [5, 5.41) is 3.25. The summed E-state index contributed by atoms with van der Waals surface area (Å²) >= 11 is 3.27. The molecule has 8 heteroatoms. The van der Waals surface area contributed by atoms with Crippen molar-refractivity contribution in [1.29, 1.82) is 0 Å². The van der Waals surface area contributed by atoms with E-state index in [4.69, 9.17) is 0 Å². The van der Waals surface area contributed by atoms with Gasteiger partial charge in [0.15, 0.2) is 0 Å². The van der Waals surface area contributed by atoms with E-state index < -0.39 is 10.0 Å². The van der Waals surface area contributed by atoms with Crippen molar-refractivity contribution in [1.82, 2.24) is 14.5 Å². The van der Waals surface area contributed by atoms with Gasteiger partial charge in [-0.25, -0.2) is 8.42 Å². The summed E-state index contributed by atoms with van der Waals surface area (Å²) in [6.45, 7) is 3.79. The molecular formula is C14H20BrN3O3S. The van der Waals surface area contributed by atoms with Crippen LogP contribution in [0.15, 0.2) is 33.6 Å². The van der Waals surface area contributed by atoms with Gasteiger partial charge in [0.05, 0.1) is 11.4 Å². The van der Waals surface area contributed by atoms with Crippen molar-refractivity contribution >= 4 is 31.9 Å². The molecule has 6 nitrogen and oxygen atoms in total. The van der Waals surface area contributed by atoms with Crippen LogP contribution in [-0.4, -0.2) is 62.8 Å². The SMILES string of the molecule is CC1CN(C(=O)CN(C)S(=O)(=O)c2ccc(Br)cc2)CCN1. The molecule has 0 spiro atoms. The fourth-order valence-corrected chi connectivity index (χ4v) is 3.71. The molecule has 1 fully saturated rings. The number of carbonyl (C=O) groups excluding carboxylic acids is 1. The zero-order chi connectivity index (χ0) is 16.3. The number of rotatable bonds is 4. The van der Waals surface area contributed by atoms with E-state index in [1.54, 1.807) is 17.0 Å². The van der Waals surface area contributed by atoms with E-state index in [-0.39, 0.29) is 23.4 Å². The Kier molecular flexibility index (Phi) is 5.60. The summed E-state index contributed by atoms with van der Waals surface area (Å²) in [5.41, 5.74) is 0. The van der Waals surface area contributed by atoms with Crippen molar-refractivity contribution in [3.05, 3.63) is 28.7 Å². The van der Waals surface area contributed by atoms with Crippen LogP contribution in [0.2, 0.25) is 0 Å². The van der Waals surface area contributed by atoms with Crippen molar-refractivity contribution < 1.29 is 13.2 Å². The van der Waals surface area contributed by atoms with Gasteiger partial charge in [-0.2, -0.15) is 4.31 Å². The first-order chi connectivity index (χ1) is 10.3. The first kappa shape index (κ1) is 17.4. The normalized spacial score (nSPS) is 19.5. The van der Waals surface area contributed by atoms with Crippen LogP contribution in [0, 0.1) is 0 Å². The Balaban J connectivity index is 2.05. The molecule has 1 amide bonds. The average Bonchev–Trinajstić information content (AvgIpc) is 2.47. The lowest BCUT2D eigenvalue weighted by Crippen LogP contribution is -2.53. The molecular weight excluding hydrogens is 370 g/mol. The second-order valence-corrected chi connectivity index (χ2v) is 8.37. The summed E-state index contributed by atoms with van der Waals surface area (Å²) in [4.78, 5) is 14.2. The van der Waals surface area contributed by atoms with E-state index >= 15 is 0 Å². The average molecular weight is 390 g/mol. The van der Waals surface area contributed by atoms with Gasteiger partial charge in [-0.15, -0.1) is 0 Å². The number of amides is 1. The zero-order valence-corrected chi connectivity index (χ0v) is 15.0. The molecule has 22 heavy (non-hydrogen) atoms. The van der Waals surface area contributed by atoms with Crippen molar-refractivity contribution in [2.45, 2.75) is 17.9 Å². The molecule has 1 atom stereocenters. The zero-order valence-electron chi connectivity index (χ0n) is 12.6. The van der Waals surface area contributed by atoms with Crippen LogP contribution in [-0.2, 0) is 14.8 Å². The summed E-state index contributed by atoms with van der Waals surface area (Å²) in [6.07, 6.45) is 0. The van der Waals surface area contributed by atoms with Crippen molar-refractivity contribution in [3.8, 4) is 0 Å². The van der Waals surface area contributed by atoms with Crippen LogP contribution >= 0.6 is 15.9 Å². The number of benzene rings is 1. The molecule has 0 aromatic heterocycles. The van der Waals surface area contributed by atoms with Crippen molar-refractivity contribution in [3.63, 3.8) is 0 Å². The molecule has 0 bridgehead atoms. The minimum absolute atomic E-state index is 0.148. The Morgan fingerprint density at radius 3 is 2.64 bits per heavy atom. The van der Waals surface area contributed by atoms with Gasteiger partial charge < -0.3 is 10.2 Å². The topological polar surface area (TPSA) is 69.7 Å². The molecule has 1 aromatic carbocycles. The Labute approximate surface area is 139 Å². The van der Waals surface area contributed by atoms with Crippen molar-refractivity contribution in [2.24, 2.45) is 0 Å². The maximum atomic E-state index is 12.5. The highest BCUT2D eigenvalue weighted by molar-refractivity contribution is 9.10. The van der Waals surface area contributed by atoms with E-state index in [0.29, 0.717) is 13.1 Å². The van der Waals surface area contributed by atoms with Gasteiger partial charge >= 0.3 is 0 Å². The standard InChI is InChI=1S/C14H20BrN3O3S/c1-11-9-18(8-7-16-11)14(19)10-17(2)22(20,21)13-5-3-12(15)4-6-13/h3-6,11,16H,7-10H2,1-2H3. The number of carbonyl (C=O) groups is 1. The molecule has 1 aromatic rings. The molecule has 1 saturated heterocycles. The minimum Gasteiger partial charge on any atom is -0.339 e. The number of hydrogen-bond donors (Lipinski definition) is 1. The lowest BCUT2D eigenvalue weighted by Gasteiger charge is -2.32. The molecule has 1 N–H and O–H groups in total. The van der Waals surface area contributed by atoms with E-state index in [9.17, 15) is 13.2 Å². The number of sulfonamides is 1. The first-order valence-corrected chi connectivity index (χ1v) is 9.27. The van der Waals surface area contributed by atoms with Gasteiger partial charge in [0, 0.05) is 37.2 Å². The Morgan fingerprint density at radius 2 is 2.05 bits per heavy atom. The molecule has 1 unspecified atom stereocenters. The Bertz CT molecular complexity index is 633. The monoisotopic (exact) mass is 389 g/mol. The van der Waals surface area contributed by atoms with E-state index in [1.807, 2.05) is 6.92 Å². The molecule has 122 valence electrons. The molecule has 0 saturated carbocycles. The van der Waals surface area contributed by atoms with Gasteiger partial charge in [-0.05, 0) is 31.2 Å². The third kappa shape index (κ3) is 4.07. The molecule has 0 aliphatic carbocycles. The molecule has 1 aliphatic heterocycles. The summed E-state index contributed by atoms with van der Waals surface area (Å²) < 4.78 is 26.8. The van der Waals surface area contributed by atoms with Crippen LogP contribution < -0.4 is 5.32 Å². The largest absolute Gasteiger partial charge is 0.339 e. The van der Waals surface area contributed by atoms with E-state index in [2.05, 4.69) is 21.2 Å². The highest BCUT2D eigenvalue weighted by Crippen LogP contribution is 2.18. The van der Waals surface area contributed by atoms with Crippen LogP contribution in [0.5, 0.6) is 0 Å². The second-order valence-electron chi connectivity index (χ2n) is 5.41. The van der Waals surface area contributed by atoms with Gasteiger partial charge in [-0.3, -0.25) is 4.79 Å². The summed E-state index contributed by atoms with van der Waals surface area (Å²) in [7, 11) is -2.22. The third-order valence-corrected chi connectivity index (χ3v) is 5.95. The highest BCUT2D eigenvalue weighted by Gasteiger charge is 2.27. The molecule has 1 aliphatic rings. The lowest BCUT2D eigenvalue weighted by atomic mass is 10.2. The van der Waals surface area contributed by atoms with E-state index in [0.717, 1.165) is 15.3 Å². The molecule has 0 radical (unpaired) electrons. The summed E-state index contributed by atoms with van der Waals surface area (Å²) in [6, 6.07) is 6.60. The maximum Gasteiger partial charge on any atom is 0.243 e. The van der Waals surface area contributed by atoms with Gasteiger partial charge in [0.2, 0.25) is 15.9 Å². The highest BCUT2D eigenvalue weighted by atomic mass is 79.9. The number of nitrogens with zero attached hydrogens (tertiary/aromatic N) is 2. The van der Waals surface area contributed by atoms with Gasteiger partial charge in [0.1, 0.15) is 0 Å². The number of likely N-dealkylation sites (N-methyl/N-ethyl adjacent to an activating group) is 1. The smallest absolute Gasteiger partial charge is 0.243 e. The number of nitrogens with one attached hydrogen (secondary N) is 1. The van der Waals surface area contributed by atoms with Crippen LogP contribution in [0.1, 0.15) is 6.92 Å². The predicted octanol–water partition coefficient (Wildman–Crippen LogP) is 0.890. The number of piperazine rings is 1. The fraction of sp³-hybridized carbons (Fsp3) is 0.500. The van der Waals surface area contributed by atoms with Crippen LogP contribution in [0.25, 0.3) is 0 Å². The van der Waals surface area contributed by atoms with Crippen molar-refractivity contribution in [2.75, 3.05) is 33.2 Å².